The monoisotopic (exact) mass is 305 g/mol. The van der Waals surface area contributed by atoms with Crippen molar-refractivity contribution in [1.29, 1.82) is 0 Å². The van der Waals surface area contributed by atoms with Crippen molar-refractivity contribution < 1.29 is 9.53 Å². The van der Waals surface area contributed by atoms with Gasteiger partial charge in [0.25, 0.3) is 0 Å². The van der Waals surface area contributed by atoms with Gasteiger partial charge in [0.2, 0.25) is 5.91 Å². The van der Waals surface area contributed by atoms with Crippen LogP contribution < -0.4 is 11.1 Å². The number of carbonyl (C=O) groups excluding carboxylic acids is 1. The number of nitrogen functional groups attached to an aromatic ring is 1. The molecular formula is C15H19N3O2S. The second-order valence-electron chi connectivity index (χ2n) is 5.35. The summed E-state index contributed by atoms with van der Waals surface area (Å²) in [6, 6.07) is 7.49. The molecule has 112 valence electrons. The highest BCUT2D eigenvalue weighted by molar-refractivity contribution is 7.14. The van der Waals surface area contributed by atoms with Crippen LogP contribution in [0.15, 0.2) is 29.6 Å². The number of ether oxygens (including phenoxy) is 1. The van der Waals surface area contributed by atoms with E-state index in [0.717, 1.165) is 11.3 Å². The first kappa shape index (κ1) is 15.5. The number of amides is 1. The highest BCUT2D eigenvalue weighted by Crippen LogP contribution is 2.26. The van der Waals surface area contributed by atoms with E-state index in [9.17, 15) is 4.79 Å². The van der Waals surface area contributed by atoms with Gasteiger partial charge in [-0.05, 0) is 26.0 Å². The van der Waals surface area contributed by atoms with E-state index in [4.69, 9.17) is 10.5 Å². The largest absolute Gasteiger partial charge is 0.399 e. The Kier molecular flexibility index (Phi) is 4.59. The molecule has 0 unspecified atom stereocenters. The van der Waals surface area contributed by atoms with Crippen molar-refractivity contribution in [3.63, 3.8) is 0 Å². The van der Waals surface area contributed by atoms with Crippen molar-refractivity contribution in [3.05, 3.63) is 29.6 Å². The van der Waals surface area contributed by atoms with Gasteiger partial charge < -0.3 is 15.8 Å². The van der Waals surface area contributed by atoms with Crippen LogP contribution in [0.4, 0.5) is 10.8 Å². The summed E-state index contributed by atoms with van der Waals surface area (Å²) in [5, 5.41) is 5.26. The van der Waals surface area contributed by atoms with E-state index < -0.39 is 5.60 Å². The predicted molar refractivity (Wildman–Crippen MR) is 86.3 cm³/mol. The number of benzene rings is 1. The van der Waals surface area contributed by atoms with Crippen molar-refractivity contribution in [2.75, 3.05) is 18.2 Å². The fraction of sp³-hybridized carbons (Fsp3) is 0.333. The van der Waals surface area contributed by atoms with Gasteiger partial charge in [0.15, 0.2) is 5.13 Å². The molecule has 0 aliphatic rings. The van der Waals surface area contributed by atoms with Crippen LogP contribution in [0.5, 0.6) is 0 Å². The van der Waals surface area contributed by atoms with E-state index in [2.05, 4.69) is 10.3 Å². The zero-order valence-electron chi connectivity index (χ0n) is 12.3. The standard InChI is InChI=1S/C15H19N3O2S/c1-15(2,20-3)8-13(19)18-14-17-12(9-21-14)10-5-4-6-11(16)7-10/h4-7,9H,8,16H2,1-3H3,(H,17,18,19). The van der Waals surface area contributed by atoms with Crippen LogP contribution in [0.1, 0.15) is 20.3 Å². The van der Waals surface area contributed by atoms with E-state index in [1.54, 1.807) is 7.11 Å². The minimum absolute atomic E-state index is 0.115. The van der Waals surface area contributed by atoms with Crippen LogP contribution in [-0.4, -0.2) is 23.6 Å². The van der Waals surface area contributed by atoms with Gasteiger partial charge >= 0.3 is 0 Å². The number of hydrogen-bond donors (Lipinski definition) is 2. The first-order valence-electron chi connectivity index (χ1n) is 6.56. The van der Waals surface area contributed by atoms with Crippen molar-refractivity contribution in [3.8, 4) is 11.3 Å². The van der Waals surface area contributed by atoms with E-state index in [1.807, 2.05) is 43.5 Å². The number of aromatic nitrogens is 1. The number of methoxy groups -OCH3 is 1. The number of thiazole rings is 1. The Bertz CT molecular complexity index is 637. The number of carbonyl (C=O) groups is 1. The second kappa shape index (κ2) is 6.24. The molecule has 0 bridgehead atoms. The summed E-state index contributed by atoms with van der Waals surface area (Å²) in [6.07, 6.45) is 0.275. The van der Waals surface area contributed by atoms with Crippen LogP contribution in [0.25, 0.3) is 11.3 Å². The Morgan fingerprint density at radius 3 is 2.90 bits per heavy atom. The SMILES string of the molecule is COC(C)(C)CC(=O)Nc1nc(-c2cccc(N)c2)cs1. The third kappa shape index (κ3) is 4.27. The Morgan fingerprint density at radius 2 is 2.24 bits per heavy atom. The molecule has 21 heavy (non-hydrogen) atoms. The van der Waals surface area contributed by atoms with Crippen LogP contribution in [0, 0.1) is 0 Å². The highest BCUT2D eigenvalue weighted by atomic mass is 32.1. The van der Waals surface area contributed by atoms with Gasteiger partial charge in [-0.15, -0.1) is 11.3 Å². The Labute approximate surface area is 128 Å². The molecule has 1 aromatic heterocycles. The smallest absolute Gasteiger partial charge is 0.229 e. The Balaban J connectivity index is 2.05. The normalized spacial score (nSPS) is 11.4. The van der Waals surface area contributed by atoms with Crippen molar-refractivity contribution >= 4 is 28.1 Å². The van der Waals surface area contributed by atoms with Crippen LogP contribution in [0.2, 0.25) is 0 Å². The molecule has 0 aliphatic heterocycles. The summed E-state index contributed by atoms with van der Waals surface area (Å²) in [7, 11) is 1.59. The third-order valence-corrected chi connectivity index (χ3v) is 3.83. The average molecular weight is 305 g/mol. The van der Waals surface area contributed by atoms with E-state index in [-0.39, 0.29) is 12.3 Å². The van der Waals surface area contributed by atoms with Crippen LogP contribution in [0.3, 0.4) is 0 Å². The molecule has 5 nitrogen and oxygen atoms in total. The lowest BCUT2D eigenvalue weighted by atomic mass is 10.1. The third-order valence-electron chi connectivity index (χ3n) is 3.07. The summed E-state index contributed by atoms with van der Waals surface area (Å²) < 4.78 is 5.24. The minimum atomic E-state index is -0.488. The van der Waals surface area contributed by atoms with Gasteiger partial charge in [0.1, 0.15) is 0 Å². The maximum absolute atomic E-state index is 11.9. The topological polar surface area (TPSA) is 77.2 Å². The van der Waals surface area contributed by atoms with E-state index >= 15 is 0 Å². The summed E-state index contributed by atoms with van der Waals surface area (Å²) in [5.41, 5.74) is 7.69. The van der Waals surface area contributed by atoms with Gasteiger partial charge in [0, 0.05) is 23.7 Å². The number of rotatable bonds is 5. The molecule has 3 N–H and O–H groups in total. The number of anilines is 2. The maximum atomic E-state index is 11.9. The predicted octanol–water partition coefficient (Wildman–Crippen LogP) is 3.15. The molecule has 6 heteroatoms. The highest BCUT2D eigenvalue weighted by Gasteiger charge is 2.21. The van der Waals surface area contributed by atoms with Gasteiger partial charge in [0.05, 0.1) is 17.7 Å². The number of nitrogens with two attached hydrogens (primary N) is 1. The fourth-order valence-corrected chi connectivity index (χ4v) is 2.52. The number of hydrogen-bond acceptors (Lipinski definition) is 5. The lowest BCUT2D eigenvalue weighted by Gasteiger charge is -2.21. The Hall–Kier alpha value is -1.92. The van der Waals surface area contributed by atoms with Crippen molar-refractivity contribution in [2.45, 2.75) is 25.9 Å². The molecule has 1 aromatic carbocycles. The molecule has 1 amide bonds. The second-order valence-corrected chi connectivity index (χ2v) is 6.21. The summed E-state index contributed by atoms with van der Waals surface area (Å²) in [4.78, 5) is 16.4. The summed E-state index contributed by atoms with van der Waals surface area (Å²) >= 11 is 1.39. The molecule has 0 radical (unpaired) electrons. The maximum Gasteiger partial charge on any atom is 0.229 e. The lowest BCUT2D eigenvalue weighted by Crippen LogP contribution is -2.29. The molecule has 1 heterocycles. The molecule has 0 fully saturated rings. The van der Waals surface area contributed by atoms with E-state index in [1.165, 1.54) is 11.3 Å². The summed E-state index contributed by atoms with van der Waals surface area (Å²) in [6.45, 7) is 3.74. The minimum Gasteiger partial charge on any atom is -0.399 e. The van der Waals surface area contributed by atoms with Gasteiger partial charge in [-0.2, -0.15) is 0 Å². The van der Waals surface area contributed by atoms with Gasteiger partial charge in [-0.1, -0.05) is 12.1 Å². The molecule has 2 rings (SSSR count). The summed E-state index contributed by atoms with van der Waals surface area (Å²) in [5.74, 6) is -0.115. The van der Waals surface area contributed by atoms with Gasteiger partial charge in [-0.25, -0.2) is 4.98 Å². The van der Waals surface area contributed by atoms with Crippen molar-refractivity contribution in [2.24, 2.45) is 0 Å². The molecule has 2 aromatic rings. The molecular weight excluding hydrogens is 286 g/mol. The lowest BCUT2D eigenvalue weighted by molar-refractivity contribution is -0.121. The number of nitrogens with zero attached hydrogens (tertiary/aromatic N) is 1. The Morgan fingerprint density at radius 1 is 1.48 bits per heavy atom. The molecule has 0 spiro atoms. The van der Waals surface area contributed by atoms with Crippen molar-refractivity contribution in [1.82, 2.24) is 4.98 Å². The van der Waals surface area contributed by atoms with E-state index in [0.29, 0.717) is 10.8 Å². The molecule has 0 atom stereocenters. The first-order chi connectivity index (χ1) is 9.89. The fourth-order valence-electron chi connectivity index (χ4n) is 1.78. The zero-order chi connectivity index (χ0) is 15.5. The average Bonchev–Trinajstić information content (AvgIpc) is 2.86. The molecule has 0 aliphatic carbocycles. The van der Waals surface area contributed by atoms with Crippen LogP contribution >= 0.6 is 11.3 Å². The molecule has 0 saturated carbocycles. The molecule has 0 saturated heterocycles. The number of nitrogens with one attached hydrogen (secondary N) is 1. The first-order valence-corrected chi connectivity index (χ1v) is 7.44. The van der Waals surface area contributed by atoms with Crippen LogP contribution in [-0.2, 0) is 9.53 Å². The van der Waals surface area contributed by atoms with Gasteiger partial charge in [-0.3, -0.25) is 4.79 Å². The zero-order valence-corrected chi connectivity index (χ0v) is 13.2. The quantitative estimate of drug-likeness (QED) is 0.832.